The van der Waals surface area contributed by atoms with Gasteiger partial charge in [0.25, 0.3) is 5.91 Å². The van der Waals surface area contributed by atoms with Crippen LogP contribution < -0.4 is 5.32 Å². The van der Waals surface area contributed by atoms with Crippen LogP contribution in [0.15, 0.2) is 36.7 Å². The van der Waals surface area contributed by atoms with E-state index in [9.17, 15) is 4.79 Å². The smallest absolute Gasteiger partial charge is 0.270 e. The standard InChI is InChI=1S/C18H20N6O/c1-11-9-16(23-14(4)21-11)18(25)22-12(2)15-10-20-24(13(15)3)17-7-5-6-8-19-17/h5-10,12H,1-4H3,(H,22,25)/t12-/m1/s1. The van der Waals surface area contributed by atoms with Crippen molar-refractivity contribution in [3.05, 3.63) is 65.1 Å². The van der Waals surface area contributed by atoms with E-state index in [4.69, 9.17) is 0 Å². The van der Waals surface area contributed by atoms with E-state index in [0.29, 0.717) is 11.5 Å². The summed E-state index contributed by atoms with van der Waals surface area (Å²) in [4.78, 5) is 25.2. The molecule has 0 spiro atoms. The highest BCUT2D eigenvalue weighted by atomic mass is 16.1. The summed E-state index contributed by atoms with van der Waals surface area (Å²) in [5.41, 5.74) is 3.00. The highest BCUT2D eigenvalue weighted by Gasteiger charge is 2.18. The Labute approximate surface area is 146 Å². The molecule has 3 aromatic heterocycles. The Morgan fingerprint density at radius 3 is 2.68 bits per heavy atom. The third kappa shape index (κ3) is 3.55. The summed E-state index contributed by atoms with van der Waals surface area (Å²) < 4.78 is 1.76. The molecular formula is C18H20N6O. The lowest BCUT2D eigenvalue weighted by Gasteiger charge is -2.14. The number of carbonyl (C=O) groups excluding carboxylic acids is 1. The lowest BCUT2D eigenvalue weighted by Crippen LogP contribution is -2.28. The molecule has 7 heteroatoms. The predicted molar refractivity (Wildman–Crippen MR) is 93.5 cm³/mol. The highest BCUT2D eigenvalue weighted by Crippen LogP contribution is 2.19. The number of amides is 1. The van der Waals surface area contributed by atoms with Crippen LogP contribution >= 0.6 is 0 Å². The Morgan fingerprint density at radius 2 is 2.00 bits per heavy atom. The summed E-state index contributed by atoms with van der Waals surface area (Å²) in [7, 11) is 0. The first-order valence-corrected chi connectivity index (χ1v) is 8.05. The Kier molecular flexibility index (Phi) is 4.56. The number of carbonyl (C=O) groups is 1. The quantitative estimate of drug-likeness (QED) is 0.791. The van der Waals surface area contributed by atoms with E-state index in [0.717, 1.165) is 22.8 Å². The fourth-order valence-corrected chi connectivity index (χ4v) is 2.74. The predicted octanol–water partition coefficient (Wildman–Crippen LogP) is 2.47. The summed E-state index contributed by atoms with van der Waals surface area (Å²) in [6.07, 6.45) is 3.48. The number of hydrogen-bond donors (Lipinski definition) is 1. The van der Waals surface area contributed by atoms with Gasteiger partial charge in [-0.1, -0.05) is 6.07 Å². The summed E-state index contributed by atoms with van der Waals surface area (Å²) in [6, 6.07) is 7.13. The van der Waals surface area contributed by atoms with Gasteiger partial charge < -0.3 is 5.32 Å². The lowest BCUT2D eigenvalue weighted by atomic mass is 10.1. The topological polar surface area (TPSA) is 85.6 Å². The van der Waals surface area contributed by atoms with Gasteiger partial charge in [-0.15, -0.1) is 0 Å². The molecule has 0 saturated carbocycles. The van der Waals surface area contributed by atoms with Crippen molar-refractivity contribution in [2.75, 3.05) is 0 Å². The number of nitrogens with one attached hydrogen (secondary N) is 1. The summed E-state index contributed by atoms with van der Waals surface area (Å²) in [6.45, 7) is 7.49. The van der Waals surface area contributed by atoms with Gasteiger partial charge in [-0.2, -0.15) is 5.10 Å². The zero-order valence-corrected chi connectivity index (χ0v) is 14.7. The molecule has 128 valence electrons. The van der Waals surface area contributed by atoms with E-state index in [1.807, 2.05) is 39.0 Å². The Hall–Kier alpha value is -3.09. The second-order valence-electron chi connectivity index (χ2n) is 5.92. The first-order chi connectivity index (χ1) is 12.0. The van der Waals surface area contributed by atoms with Crippen LogP contribution in [0.4, 0.5) is 0 Å². The molecule has 0 aromatic carbocycles. The molecule has 0 aliphatic rings. The fourth-order valence-electron chi connectivity index (χ4n) is 2.74. The van der Waals surface area contributed by atoms with E-state index in [1.54, 1.807) is 30.1 Å². The molecule has 3 heterocycles. The molecule has 3 rings (SSSR count). The Morgan fingerprint density at radius 1 is 1.20 bits per heavy atom. The maximum Gasteiger partial charge on any atom is 0.270 e. The third-order valence-corrected chi connectivity index (χ3v) is 3.93. The molecule has 1 atom stereocenters. The van der Waals surface area contributed by atoms with Crippen molar-refractivity contribution in [2.24, 2.45) is 0 Å². The van der Waals surface area contributed by atoms with Crippen molar-refractivity contribution in [1.29, 1.82) is 0 Å². The van der Waals surface area contributed by atoms with Gasteiger partial charge in [0, 0.05) is 23.1 Å². The number of aromatic nitrogens is 5. The first kappa shape index (κ1) is 16.8. The van der Waals surface area contributed by atoms with Gasteiger partial charge in [-0.25, -0.2) is 19.6 Å². The molecule has 3 aromatic rings. The zero-order valence-electron chi connectivity index (χ0n) is 14.7. The van der Waals surface area contributed by atoms with Crippen LogP contribution in [0.2, 0.25) is 0 Å². The third-order valence-electron chi connectivity index (χ3n) is 3.93. The van der Waals surface area contributed by atoms with Crippen molar-refractivity contribution in [3.63, 3.8) is 0 Å². The van der Waals surface area contributed by atoms with Crippen LogP contribution in [-0.2, 0) is 0 Å². The van der Waals surface area contributed by atoms with Gasteiger partial charge in [-0.05, 0) is 45.9 Å². The second-order valence-corrected chi connectivity index (χ2v) is 5.92. The highest BCUT2D eigenvalue weighted by molar-refractivity contribution is 5.92. The molecule has 1 amide bonds. The van der Waals surface area contributed by atoms with E-state index < -0.39 is 0 Å². The van der Waals surface area contributed by atoms with Gasteiger partial charge in [0.1, 0.15) is 11.5 Å². The molecule has 0 bridgehead atoms. The maximum absolute atomic E-state index is 12.5. The van der Waals surface area contributed by atoms with Gasteiger partial charge in [0.2, 0.25) is 0 Å². The van der Waals surface area contributed by atoms with Crippen LogP contribution in [-0.4, -0.2) is 30.6 Å². The number of pyridine rings is 1. The molecule has 0 unspecified atom stereocenters. The van der Waals surface area contributed by atoms with E-state index in [1.165, 1.54) is 0 Å². The molecule has 1 N–H and O–H groups in total. The molecule has 0 aliphatic heterocycles. The first-order valence-electron chi connectivity index (χ1n) is 8.05. The summed E-state index contributed by atoms with van der Waals surface area (Å²) in [5.74, 6) is 1.09. The Balaban J connectivity index is 1.81. The van der Waals surface area contributed by atoms with E-state index in [-0.39, 0.29) is 11.9 Å². The van der Waals surface area contributed by atoms with Crippen LogP contribution in [0.3, 0.4) is 0 Å². The zero-order chi connectivity index (χ0) is 18.0. The normalized spacial score (nSPS) is 12.0. The minimum atomic E-state index is -0.230. The van der Waals surface area contributed by atoms with Crippen molar-refractivity contribution in [1.82, 2.24) is 30.0 Å². The van der Waals surface area contributed by atoms with Gasteiger partial charge in [0.15, 0.2) is 5.82 Å². The number of nitrogens with zero attached hydrogens (tertiary/aromatic N) is 5. The van der Waals surface area contributed by atoms with Crippen molar-refractivity contribution >= 4 is 5.91 Å². The van der Waals surface area contributed by atoms with Crippen molar-refractivity contribution in [2.45, 2.75) is 33.7 Å². The minimum absolute atomic E-state index is 0.208. The van der Waals surface area contributed by atoms with Gasteiger partial charge in [-0.3, -0.25) is 4.79 Å². The largest absolute Gasteiger partial charge is 0.344 e. The molecule has 7 nitrogen and oxygen atoms in total. The number of hydrogen-bond acceptors (Lipinski definition) is 5. The SMILES string of the molecule is Cc1cc(C(=O)N[C@H](C)c2cnn(-c3ccccn3)c2C)nc(C)n1. The monoisotopic (exact) mass is 336 g/mol. The van der Waals surface area contributed by atoms with Gasteiger partial charge >= 0.3 is 0 Å². The maximum atomic E-state index is 12.5. The molecule has 0 aliphatic carbocycles. The lowest BCUT2D eigenvalue weighted by molar-refractivity contribution is 0.0934. The van der Waals surface area contributed by atoms with E-state index in [2.05, 4.69) is 25.4 Å². The van der Waals surface area contributed by atoms with Crippen LogP contribution in [0, 0.1) is 20.8 Å². The van der Waals surface area contributed by atoms with Crippen LogP contribution in [0.5, 0.6) is 0 Å². The van der Waals surface area contributed by atoms with E-state index >= 15 is 0 Å². The molecule has 0 saturated heterocycles. The second kappa shape index (κ2) is 6.80. The van der Waals surface area contributed by atoms with Crippen LogP contribution in [0.25, 0.3) is 5.82 Å². The fraction of sp³-hybridized carbons (Fsp3) is 0.278. The van der Waals surface area contributed by atoms with Crippen molar-refractivity contribution < 1.29 is 4.79 Å². The summed E-state index contributed by atoms with van der Waals surface area (Å²) >= 11 is 0. The Bertz CT molecular complexity index is 883. The number of aryl methyl sites for hydroxylation is 2. The molecule has 0 radical (unpaired) electrons. The minimum Gasteiger partial charge on any atom is -0.344 e. The average Bonchev–Trinajstić information content (AvgIpc) is 2.96. The molecular weight excluding hydrogens is 316 g/mol. The van der Waals surface area contributed by atoms with Crippen molar-refractivity contribution in [3.8, 4) is 5.82 Å². The number of rotatable bonds is 4. The molecule has 0 fully saturated rings. The van der Waals surface area contributed by atoms with Gasteiger partial charge in [0.05, 0.1) is 12.2 Å². The van der Waals surface area contributed by atoms with Crippen LogP contribution in [0.1, 0.15) is 46.2 Å². The summed E-state index contributed by atoms with van der Waals surface area (Å²) in [5, 5.41) is 7.36. The average molecular weight is 336 g/mol. The molecule has 25 heavy (non-hydrogen) atoms.